The summed E-state index contributed by atoms with van der Waals surface area (Å²) in [6.45, 7) is 5.79. The predicted octanol–water partition coefficient (Wildman–Crippen LogP) is 10.5. The van der Waals surface area contributed by atoms with Gasteiger partial charge in [0.2, 0.25) is 0 Å². The first-order valence-electron chi connectivity index (χ1n) is 20.5. The highest BCUT2D eigenvalue weighted by atomic mass is 16.6. The van der Waals surface area contributed by atoms with Crippen molar-refractivity contribution in [2.45, 2.75) is 69.2 Å². The summed E-state index contributed by atoms with van der Waals surface area (Å²) in [4.78, 5) is 16.9. The second kappa shape index (κ2) is 19.7. The fraction of sp³-hybridized carbons (Fsp3) is 0.250. The monoisotopic (exact) mass is 785 g/mol. The Morgan fingerprint density at radius 1 is 0.492 bits per heavy atom. The summed E-state index contributed by atoms with van der Waals surface area (Å²) in [5, 5.41) is 0. The summed E-state index contributed by atoms with van der Waals surface area (Å²) in [6, 6.07) is 55.9. The third kappa shape index (κ3) is 9.56. The van der Waals surface area contributed by atoms with E-state index in [1.807, 2.05) is 144 Å². The molecule has 6 aromatic carbocycles. The van der Waals surface area contributed by atoms with Crippen molar-refractivity contribution in [2.24, 2.45) is 0 Å². The Kier molecular flexibility index (Phi) is 13.4. The van der Waals surface area contributed by atoms with Gasteiger partial charge < -0.3 is 23.7 Å². The molecule has 0 spiro atoms. The van der Waals surface area contributed by atoms with E-state index in [2.05, 4.69) is 43.0 Å². The van der Waals surface area contributed by atoms with E-state index < -0.39 is 36.5 Å². The highest BCUT2D eigenvalue weighted by Crippen LogP contribution is 2.45. The molecule has 1 saturated heterocycles. The van der Waals surface area contributed by atoms with Crippen LogP contribution in [0.4, 0.5) is 4.79 Å². The van der Waals surface area contributed by atoms with Crippen LogP contribution in [-0.4, -0.2) is 54.6 Å². The Balaban J connectivity index is 1.17. The summed E-state index contributed by atoms with van der Waals surface area (Å²) in [5.41, 5.74) is 8.69. The third-order valence-electron chi connectivity index (χ3n) is 11.3. The molecule has 0 bridgehead atoms. The van der Waals surface area contributed by atoms with Crippen LogP contribution in [-0.2, 0) is 50.1 Å². The number of fused-ring (bicyclic) bond motifs is 3. The summed E-state index contributed by atoms with van der Waals surface area (Å²) >= 11 is 0. The van der Waals surface area contributed by atoms with E-state index in [0.717, 1.165) is 33.4 Å². The quantitative estimate of drug-likeness (QED) is 0.0858. The van der Waals surface area contributed by atoms with Crippen LogP contribution in [0.15, 0.2) is 183 Å². The molecule has 0 saturated carbocycles. The molecule has 300 valence electrons. The minimum atomic E-state index is -0.669. The standard InChI is InChI=1S/C52H51NO6/c1-2-19-47-49(56-33-39-22-9-4-10-23-39)51(58-35-41-26-13-6-14-27-41)50(57-34-40-24-11-5-12-25-40)48(37-55-32-38-20-7-3-8-21-38)53(47)52(54)59-36-46-44-30-17-15-28-42(44)43-29-16-18-31-45(43)46/h2-18,20-31,46-51H,1,19,32-37H2/t47-,48-,49+,50-,51-/m1/s1. The Morgan fingerprint density at radius 3 is 1.37 bits per heavy atom. The number of hydrogen-bond acceptors (Lipinski definition) is 6. The third-order valence-corrected chi connectivity index (χ3v) is 11.3. The molecule has 7 nitrogen and oxygen atoms in total. The molecule has 5 atom stereocenters. The van der Waals surface area contributed by atoms with Gasteiger partial charge in [-0.15, -0.1) is 6.58 Å². The maximum absolute atomic E-state index is 15.1. The second-order valence-corrected chi connectivity index (χ2v) is 15.2. The molecule has 1 amide bonds. The van der Waals surface area contributed by atoms with E-state index in [0.29, 0.717) is 32.8 Å². The number of piperidine rings is 1. The van der Waals surface area contributed by atoms with E-state index in [4.69, 9.17) is 23.7 Å². The van der Waals surface area contributed by atoms with Crippen molar-refractivity contribution in [3.8, 4) is 11.1 Å². The van der Waals surface area contributed by atoms with Crippen molar-refractivity contribution in [3.05, 3.63) is 216 Å². The smallest absolute Gasteiger partial charge is 0.410 e. The number of nitrogens with zero attached hydrogens (tertiary/aromatic N) is 1. The molecule has 8 rings (SSSR count). The number of carbonyl (C=O) groups excluding carboxylic acids is 1. The zero-order chi connectivity index (χ0) is 40.2. The van der Waals surface area contributed by atoms with Gasteiger partial charge >= 0.3 is 6.09 Å². The molecular weight excluding hydrogens is 735 g/mol. The van der Waals surface area contributed by atoms with Crippen LogP contribution in [0.3, 0.4) is 0 Å². The second-order valence-electron chi connectivity index (χ2n) is 15.2. The average Bonchev–Trinajstić information content (AvgIpc) is 3.61. The number of amides is 1. The largest absolute Gasteiger partial charge is 0.448 e. The number of rotatable bonds is 17. The van der Waals surface area contributed by atoms with Crippen molar-refractivity contribution < 1.29 is 28.5 Å². The Hall–Kier alpha value is -5.83. The van der Waals surface area contributed by atoms with Gasteiger partial charge in [-0.2, -0.15) is 0 Å². The van der Waals surface area contributed by atoms with Crippen LogP contribution in [0.5, 0.6) is 0 Å². The van der Waals surface area contributed by atoms with Gasteiger partial charge in [-0.3, -0.25) is 4.90 Å². The number of hydrogen-bond donors (Lipinski definition) is 0. The Labute approximate surface area is 347 Å². The van der Waals surface area contributed by atoms with Crippen molar-refractivity contribution in [2.75, 3.05) is 13.2 Å². The summed E-state index contributed by atoms with van der Waals surface area (Å²) in [5.74, 6) is -0.112. The molecule has 0 unspecified atom stereocenters. The number of likely N-dealkylation sites (tertiary alicyclic amines) is 1. The van der Waals surface area contributed by atoms with E-state index >= 15 is 4.79 Å². The zero-order valence-electron chi connectivity index (χ0n) is 33.3. The van der Waals surface area contributed by atoms with Crippen LogP contribution in [0.25, 0.3) is 11.1 Å². The molecule has 1 fully saturated rings. The van der Waals surface area contributed by atoms with Crippen LogP contribution < -0.4 is 0 Å². The SMILES string of the molecule is C=CC[C@@H]1[C@H](OCc2ccccc2)[C@@H](OCc2ccccc2)[C@H](OCc2ccccc2)[C@@H](COCc2ccccc2)N1C(=O)OCC1c2ccccc2-c2ccccc21. The molecule has 0 radical (unpaired) electrons. The maximum atomic E-state index is 15.1. The fourth-order valence-corrected chi connectivity index (χ4v) is 8.49. The molecule has 1 aliphatic heterocycles. The summed E-state index contributed by atoms with van der Waals surface area (Å²) in [7, 11) is 0. The van der Waals surface area contributed by atoms with Crippen molar-refractivity contribution in [1.82, 2.24) is 4.90 Å². The fourth-order valence-electron chi connectivity index (χ4n) is 8.49. The van der Waals surface area contributed by atoms with Gasteiger partial charge in [-0.25, -0.2) is 4.79 Å². The topological polar surface area (TPSA) is 66.5 Å². The highest BCUT2D eigenvalue weighted by Gasteiger charge is 2.53. The van der Waals surface area contributed by atoms with E-state index in [1.165, 1.54) is 11.1 Å². The lowest BCUT2D eigenvalue weighted by molar-refractivity contribution is -0.222. The summed E-state index contributed by atoms with van der Waals surface area (Å²) < 4.78 is 33.9. The molecule has 0 aromatic heterocycles. The Bertz CT molecular complexity index is 2190. The average molecular weight is 786 g/mol. The van der Waals surface area contributed by atoms with Crippen molar-refractivity contribution >= 4 is 6.09 Å². The van der Waals surface area contributed by atoms with Gasteiger partial charge in [0.1, 0.15) is 24.9 Å². The lowest BCUT2D eigenvalue weighted by atomic mass is 9.86. The van der Waals surface area contributed by atoms with Crippen LogP contribution in [0.2, 0.25) is 0 Å². The first kappa shape index (κ1) is 40.0. The molecular formula is C52H51NO6. The normalized spacial score (nSPS) is 19.8. The van der Waals surface area contributed by atoms with Gasteiger partial charge in [-0.05, 0) is 50.9 Å². The molecule has 0 N–H and O–H groups in total. The van der Waals surface area contributed by atoms with E-state index in [-0.39, 0.29) is 19.1 Å². The minimum Gasteiger partial charge on any atom is -0.448 e. The lowest BCUT2D eigenvalue weighted by Crippen LogP contribution is -2.70. The van der Waals surface area contributed by atoms with Gasteiger partial charge in [0.05, 0.1) is 45.1 Å². The highest BCUT2D eigenvalue weighted by molar-refractivity contribution is 5.79. The van der Waals surface area contributed by atoms with Gasteiger partial charge in [0.25, 0.3) is 0 Å². The Morgan fingerprint density at radius 2 is 0.898 bits per heavy atom. The first-order valence-corrected chi connectivity index (χ1v) is 20.5. The van der Waals surface area contributed by atoms with Gasteiger partial charge in [0, 0.05) is 5.92 Å². The molecule has 59 heavy (non-hydrogen) atoms. The zero-order valence-corrected chi connectivity index (χ0v) is 33.3. The van der Waals surface area contributed by atoms with Crippen molar-refractivity contribution in [1.29, 1.82) is 0 Å². The molecule has 6 aromatic rings. The summed E-state index contributed by atoms with van der Waals surface area (Å²) in [6.07, 6.45) is -0.0874. The molecule has 1 heterocycles. The molecule has 7 heteroatoms. The van der Waals surface area contributed by atoms with Gasteiger partial charge in [-0.1, -0.05) is 176 Å². The van der Waals surface area contributed by atoms with Crippen molar-refractivity contribution in [3.63, 3.8) is 0 Å². The first-order chi connectivity index (χ1) is 29.2. The van der Waals surface area contributed by atoms with Gasteiger partial charge in [0.15, 0.2) is 0 Å². The number of ether oxygens (including phenoxy) is 5. The van der Waals surface area contributed by atoms with Crippen LogP contribution in [0, 0.1) is 0 Å². The number of benzene rings is 6. The number of carbonyl (C=O) groups is 1. The maximum Gasteiger partial charge on any atom is 0.410 e. The molecule has 1 aliphatic carbocycles. The minimum absolute atomic E-state index is 0.112. The van der Waals surface area contributed by atoms with E-state index in [1.54, 1.807) is 0 Å². The van der Waals surface area contributed by atoms with Crippen LogP contribution in [0.1, 0.15) is 45.7 Å². The van der Waals surface area contributed by atoms with E-state index in [9.17, 15) is 0 Å². The lowest BCUT2D eigenvalue weighted by Gasteiger charge is -2.52. The predicted molar refractivity (Wildman–Crippen MR) is 230 cm³/mol. The van der Waals surface area contributed by atoms with Crippen LogP contribution >= 0.6 is 0 Å². The molecule has 2 aliphatic rings.